The number of rotatable bonds is 3. The number of hydrogen-bond acceptors (Lipinski definition) is 5. The average Bonchev–Trinajstić information content (AvgIpc) is 2.51. The van der Waals surface area contributed by atoms with Gasteiger partial charge in [-0.05, 0) is 23.9 Å². The standard InChI is InChI=1S/C7H12N4S/c1-4(11-10)6-2-5(3-12-6)7(8)9/h2-4,7,10H,8-9H2,1H3/t4-/m1/s1. The highest BCUT2D eigenvalue weighted by Gasteiger charge is 2.08. The van der Waals surface area contributed by atoms with E-state index in [0.717, 1.165) is 10.4 Å². The molecule has 12 heavy (non-hydrogen) atoms. The molecule has 1 heterocycles. The summed E-state index contributed by atoms with van der Waals surface area (Å²) in [7, 11) is 0. The van der Waals surface area contributed by atoms with Gasteiger partial charge in [0.1, 0.15) is 6.04 Å². The minimum Gasteiger partial charge on any atom is -0.312 e. The van der Waals surface area contributed by atoms with Crippen molar-refractivity contribution in [1.82, 2.24) is 0 Å². The van der Waals surface area contributed by atoms with Crippen molar-refractivity contribution < 1.29 is 0 Å². The number of hydrogen-bond donors (Lipinski definition) is 3. The molecule has 0 spiro atoms. The molecule has 0 aliphatic carbocycles. The smallest absolute Gasteiger partial charge is 0.102 e. The maximum atomic E-state index is 6.83. The van der Waals surface area contributed by atoms with Crippen molar-refractivity contribution in [1.29, 1.82) is 5.53 Å². The van der Waals surface area contributed by atoms with Gasteiger partial charge in [-0.15, -0.1) is 11.3 Å². The van der Waals surface area contributed by atoms with E-state index in [1.165, 1.54) is 11.3 Å². The molecule has 1 aromatic rings. The van der Waals surface area contributed by atoms with Crippen LogP contribution in [0.3, 0.4) is 0 Å². The maximum Gasteiger partial charge on any atom is 0.102 e. The zero-order chi connectivity index (χ0) is 9.14. The van der Waals surface area contributed by atoms with Gasteiger partial charge in [0.05, 0.1) is 6.17 Å². The fourth-order valence-corrected chi connectivity index (χ4v) is 1.78. The van der Waals surface area contributed by atoms with Crippen LogP contribution in [-0.4, -0.2) is 0 Å². The first kappa shape index (κ1) is 9.31. The predicted octanol–water partition coefficient (Wildman–Crippen LogP) is 1.76. The highest BCUT2D eigenvalue weighted by Crippen LogP contribution is 2.25. The third kappa shape index (κ3) is 1.88. The van der Waals surface area contributed by atoms with Crippen LogP contribution in [0.15, 0.2) is 16.6 Å². The summed E-state index contributed by atoms with van der Waals surface area (Å²) < 4.78 is 0. The Morgan fingerprint density at radius 2 is 2.25 bits per heavy atom. The van der Waals surface area contributed by atoms with Crippen LogP contribution in [0.5, 0.6) is 0 Å². The molecule has 5 N–H and O–H groups in total. The maximum absolute atomic E-state index is 6.83. The molecule has 1 rings (SSSR count). The number of thiophene rings is 1. The van der Waals surface area contributed by atoms with Crippen LogP contribution in [0.1, 0.15) is 29.6 Å². The second-order valence-electron chi connectivity index (χ2n) is 2.61. The van der Waals surface area contributed by atoms with Crippen LogP contribution >= 0.6 is 11.3 Å². The molecule has 1 aromatic heterocycles. The van der Waals surface area contributed by atoms with Gasteiger partial charge in [-0.3, -0.25) is 0 Å². The van der Waals surface area contributed by atoms with E-state index in [1.54, 1.807) is 0 Å². The number of nitrogens with two attached hydrogens (primary N) is 2. The van der Waals surface area contributed by atoms with Crippen molar-refractivity contribution in [2.24, 2.45) is 16.6 Å². The van der Waals surface area contributed by atoms with E-state index in [0.29, 0.717) is 0 Å². The van der Waals surface area contributed by atoms with Crippen molar-refractivity contribution in [3.63, 3.8) is 0 Å². The van der Waals surface area contributed by atoms with Crippen LogP contribution in [0, 0.1) is 5.53 Å². The Balaban J connectivity index is 2.83. The Hall–Kier alpha value is -0.780. The van der Waals surface area contributed by atoms with E-state index in [1.807, 2.05) is 18.4 Å². The summed E-state index contributed by atoms with van der Waals surface area (Å²) in [5, 5.41) is 5.31. The SMILES string of the molecule is C[C@@H](N=N)c1cc(C(N)N)cs1. The summed E-state index contributed by atoms with van der Waals surface area (Å²) in [4.78, 5) is 1.03. The predicted molar refractivity (Wildman–Crippen MR) is 49.0 cm³/mol. The molecule has 0 saturated heterocycles. The van der Waals surface area contributed by atoms with Gasteiger partial charge in [0, 0.05) is 4.88 Å². The molecule has 0 aliphatic rings. The van der Waals surface area contributed by atoms with Gasteiger partial charge >= 0.3 is 0 Å². The second-order valence-corrected chi connectivity index (χ2v) is 3.56. The Morgan fingerprint density at radius 1 is 1.58 bits per heavy atom. The molecular formula is C7H12N4S. The van der Waals surface area contributed by atoms with Crippen molar-refractivity contribution in [3.05, 3.63) is 21.9 Å². The van der Waals surface area contributed by atoms with Gasteiger partial charge in [-0.1, -0.05) is 0 Å². The molecule has 0 bridgehead atoms. The summed E-state index contributed by atoms with van der Waals surface area (Å²) in [5.74, 6) is 0. The molecule has 0 unspecified atom stereocenters. The Bertz CT molecular complexity index is 268. The average molecular weight is 184 g/mol. The monoisotopic (exact) mass is 184 g/mol. The molecule has 0 amide bonds. The minimum atomic E-state index is -0.423. The topological polar surface area (TPSA) is 88.2 Å². The van der Waals surface area contributed by atoms with Crippen LogP contribution in [0.4, 0.5) is 0 Å². The van der Waals surface area contributed by atoms with E-state index in [-0.39, 0.29) is 6.04 Å². The molecule has 66 valence electrons. The first-order chi connectivity index (χ1) is 5.65. The molecule has 5 heteroatoms. The Kier molecular flexibility index (Phi) is 2.91. The molecule has 0 radical (unpaired) electrons. The molecule has 0 saturated carbocycles. The molecule has 0 aliphatic heterocycles. The fraction of sp³-hybridized carbons (Fsp3) is 0.429. The molecule has 0 fully saturated rings. The van der Waals surface area contributed by atoms with Crippen LogP contribution < -0.4 is 11.5 Å². The number of nitrogens with one attached hydrogen (secondary N) is 1. The molecule has 1 atom stereocenters. The van der Waals surface area contributed by atoms with Crippen molar-refractivity contribution in [2.45, 2.75) is 19.1 Å². The van der Waals surface area contributed by atoms with E-state index in [9.17, 15) is 0 Å². The van der Waals surface area contributed by atoms with Crippen molar-refractivity contribution in [2.75, 3.05) is 0 Å². The van der Waals surface area contributed by atoms with Gasteiger partial charge in [0.2, 0.25) is 0 Å². The summed E-state index contributed by atoms with van der Waals surface area (Å²) in [6, 6.07) is 1.82. The van der Waals surface area contributed by atoms with E-state index >= 15 is 0 Å². The Morgan fingerprint density at radius 3 is 2.67 bits per heavy atom. The minimum absolute atomic E-state index is 0.0810. The lowest BCUT2D eigenvalue weighted by atomic mass is 10.2. The van der Waals surface area contributed by atoms with Gasteiger partial charge in [-0.25, -0.2) is 5.53 Å². The summed E-state index contributed by atoms with van der Waals surface area (Å²) in [6.45, 7) is 1.87. The van der Waals surface area contributed by atoms with Crippen LogP contribution in [0.2, 0.25) is 0 Å². The van der Waals surface area contributed by atoms with E-state index in [2.05, 4.69) is 5.11 Å². The lowest BCUT2D eigenvalue weighted by molar-refractivity contribution is 0.740. The van der Waals surface area contributed by atoms with E-state index in [4.69, 9.17) is 17.0 Å². The molecular weight excluding hydrogens is 172 g/mol. The summed E-state index contributed by atoms with van der Waals surface area (Å²) in [6.07, 6.45) is -0.423. The van der Waals surface area contributed by atoms with Gasteiger partial charge < -0.3 is 11.5 Å². The lowest BCUT2D eigenvalue weighted by Crippen LogP contribution is -2.19. The Labute approximate surface area is 75.1 Å². The summed E-state index contributed by atoms with van der Waals surface area (Å²) in [5.41, 5.74) is 18.7. The lowest BCUT2D eigenvalue weighted by Gasteiger charge is -2.00. The third-order valence-corrected chi connectivity index (χ3v) is 2.75. The van der Waals surface area contributed by atoms with E-state index < -0.39 is 6.17 Å². The number of nitrogens with zero attached hydrogens (tertiary/aromatic N) is 1. The van der Waals surface area contributed by atoms with Crippen molar-refractivity contribution >= 4 is 11.3 Å². The fourth-order valence-electron chi connectivity index (χ4n) is 0.826. The zero-order valence-electron chi connectivity index (χ0n) is 6.82. The highest BCUT2D eigenvalue weighted by molar-refractivity contribution is 7.10. The van der Waals surface area contributed by atoms with Gasteiger partial charge in [0.25, 0.3) is 0 Å². The molecule has 4 nitrogen and oxygen atoms in total. The molecule has 0 aromatic carbocycles. The first-order valence-electron chi connectivity index (χ1n) is 3.61. The normalized spacial score (nSPS) is 13.3. The third-order valence-electron chi connectivity index (χ3n) is 1.63. The largest absolute Gasteiger partial charge is 0.312 e. The summed E-state index contributed by atoms with van der Waals surface area (Å²) >= 11 is 1.54. The quantitative estimate of drug-likeness (QED) is 0.493. The second kappa shape index (κ2) is 3.75. The van der Waals surface area contributed by atoms with Gasteiger partial charge in [-0.2, -0.15) is 5.11 Å². The highest BCUT2D eigenvalue weighted by atomic mass is 32.1. The zero-order valence-corrected chi connectivity index (χ0v) is 7.64. The first-order valence-corrected chi connectivity index (χ1v) is 4.49. The van der Waals surface area contributed by atoms with Crippen molar-refractivity contribution in [3.8, 4) is 0 Å². The van der Waals surface area contributed by atoms with Gasteiger partial charge in [0.15, 0.2) is 0 Å². The van der Waals surface area contributed by atoms with Crippen LogP contribution in [0.25, 0.3) is 0 Å². The van der Waals surface area contributed by atoms with Crippen LogP contribution in [-0.2, 0) is 0 Å².